The first-order valence-corrected chi connectivity index (χ1v) is 11.3. The highest BCUT2D eigenvalue weighted by Crippen LogP contribution is 2.63. The fraction of sp³-hybridized carbons (Fsp3) is 0.913. The van der Waals surface area contributed by atoms with Crippen LogP contribution in [0.4, 0.5) is 0 Å². The molecule has 178 valence electrons. The molecule has 0 spiro atoms. The van der Waals surface area contributed by atoms with Crippen molar-refractivity contribution in [3.05, 3.63) is 0 Å². The van der Waals surface area contributed by atoms with E-state index < -0.39 is 47.8 Å². The molecule has 1 aliphatic heterocycles. The zero-order valence-electron chi connectivity index (χ0n) is 19.4. The van der Waals surface area contributed by atoms with E-state index >= 15 is 0 Å². The SMILES string of the molecule is COC(=O)[C@]1(CC(O)CO)C(=O)[C@H]2C[C@](C)(CC[C@H]2C(C)(C)OC)[C@H]1CC1OCCO1. The number of ether oxygens (including phenoxy) is 4. The number of aliphatic hydroxyl groups is 2. The summed E-state index contributed by atoms with van der Waals surface area (Å²) in [5, 5.41) is 20.0. The standard InChI is InChI=1S/C23H38O8/c1-21(2,29-5)16-6-7-22(3)12-15(16)19(26)23(20(27)28-4,11-14(25)13-24)17(22)10-18-30-8-9-31-18/h14-18,24-25H,6-13H2,1-5H3/t14?,15-,16+,17+,22-,23-/m0/s1. The molecule has 2 bridgehead atoms. The molecule has 31 heavy (non-hydrogen) atoms. The molecule has 0 amide bonds. The quantitative estimate of drug-likeness (QED) is 0.432. The summed E-state index contributed by atoms with van der Waals surface area (Å²) in [5.74, 6) is -1.78. The number of Topliss-reactive ketones (excluding diaryl/α,β-unsaturated/α-hetero) is 1. The van der Waals surface area contributed by atoms with Crippen LogP contribution in [0.3, 0.4) is 0 Å². The highest BCUT2D eigenvalue weighted by atomic mass is 16.7. The van der Waals surface area contributed by atoms with Crippen LogP contribution in [-0.2, 0) is 28.5 Å². The van der Waals surface area contributed by atoms with Gasteiger partial charge < -0.3 is 29.2 Å². The average Bonchev–Trinajstić information content (AvgIpc) is 3.27. The Labute approximate surface area is 184 Å². The van der Waals surface area contributed by atoms with Crippen LogP contribution in [0.25, 0.3) is 0 Å². The number of carbonyl (C=O) groups is 2. The summed E-state index contributed by atoms with van der Waals surface area (Å²) in [7, 11) is 2.91. The van der Waals surface area contributed by atoms with Crippen molar-refractivity contribution in [1.29, 1.82) is 0 Å². The minimum atomic E-state index is -1.58. The summed E-state index contributed by atoms with van der Waals surface area (Å²) < 4.78 is 22.3. The lowest BCUT2D eigenvalue weighted by Gasteiger charge is -2.60. The molecule has 0 radical (unpaired) electrons. The molecule has 1 heterocycles. The van der Waals surface area contributed by atoms with E-state index in [4.69, 9.17) is 18.9 Å². The molecule has 8 nitrogen and oxygen atoms in total. The van der Waals surface area contributed by atoms with Crippen molar-refractivity contribution in [2.75, 3.05) is 34.0 Å². The van der Waals surface area contributed by atoms with E-state index in [2.05, 4.69) is 6.92 Å². The molecule has 0 aromatic carbocycles. The Bertz CT molecular complexity index is 672. The first kappa shape index (κ1) is 24.6. The van der Waals surface area contributed by atoms with Gasteiger partial charge in [-0.3, -0.25) is 9.59 Å². The summed E-state index contributed by atoms with van der Waals surface area (Å²) in [5.41, 5.74) is -2.46. The Balaban J connectivity index is 2.12. The topological polar surface area (TPSA) is 112 Å². The van der Waals surface area contributed by atoms with E-state index in [0.29, 0.717) is 26.1 Å². The third kappa shape index (κ3) is 4.17. The Morgan fingerprint density at radius 3 is 2.48 bits per heavy atom. The van der Waals surface area contributed by atoms with Crippen LogP contribution in [0.2, 0.25) is 0 Å². The number of fused-ring (bicyclic) bond motifs is 2. The van der Waals surface area contributed by atoms with Crippen molar-refractivity contribution in [3.8, 4) is 0 Å². The van der Waals surface area contributed by atoms with Gasteiger partial charge in [0.25, 0.3) is 0 Å². The first-order valence-electron chi connectivity index (χ1n) is 11.3. The van der Waals surface area contributed by atoms with Crippen molar-refractivity contribution < 1.29 is 38.7 Å². The summed E-state index contributed by atoms with van der Waals surface area (Å²) in [6, 6.07) is 0. The molecule has 1 unspecified atom stereocenters. The summed E-state index contributed by atoms with van der Waals surface area (Å²) >= 11 is 0. The van der Waals surface area contributed by atoms with Crippen molar-refractivity contribution in [3.63, 3.8) is 0 Å². The van der Waals surface area contributed by atoms with Gasteiger partial charge in [0.05, 0.1) is 38.6 Å². The summed E-state index contributed by atoms with van der Waals surface area (Å²) in [6.07, 6.45) is 0.700. The van der Waals surface area contributed by atoms with Gasteiger partial charge in [0, 0.05) is 19.4 Å². The second-order valence-electron chi connectivity index (χ2n) is 10.2. The maximum Gasteiger partial charge on any atom is 0.319 e. The highest BCUT2D eigenvalue weighted by molar-refractivity contribution is 6.06. The van der Waals surface area contributed by atoms with Gasteiger partial charge in [0.1, 0.15) is 5.41 Å². The molecular weight excluding hydrogens is 404 g/mol. The number of aliphatic hydroxyl groups excluding tert-OH is 2. The van der Waals surface area contributed by atoms with E-state index in [1.807, 2.05) is 13.8 Å². The monoisotopic (exact) mass is 442 g/mol. The van der Waals surface area contributed by atoms with Crippen molar-refractivity contribution >= 4 is 11.8 Å². The zero-order chi connectivity index (χ0) is 23.0. The van der Waals surface area contributed by atoms with Crippen molar-refractivity contribution in [2.24, 2.45) is 28.6 Å². The van der Waals surface area contributed by atoms with Crippen LogP contribution in [0, 0.1) is 28.6 Å². The Hall–Kier alpha value is -1.06. The smallest absolute Gasteiger partial charge is 0.319 e. The summed E-state index contributed by atoms with van der Waals surface area (Å²) in [4.78, 5) is 27.6. The van der Waals surface area contributed by atoms with Gasteiger partial charge in [-0.25, -0.2) is 0 Å². The fourth-order valence-electron chi connectivity index (χ4n) is 6.51. The van der Waals surface area contributed by atoms with E-state index in [1.54, 1.807) is 7.11 Å². The molecule has 2 aliphatic carbocycles. The van der Waals surface area contributed by atoms with E-state index in [0.717, 1.165) is 12.8 Å². The van der Waals surface area contributed by atoms with Gasteiger partial charge in [-0.1, -0.05) is 6.92 Å². The van der Waals surface area contributed by atoms with E-state index in [-0.39, 0.29) is 23.5 Å². The number of esters is 1. The molecular formula is C23H38O8. The molecule has 0 aromatic heterocycles. The number of ketones is 1. The maximum atomic E-state index is 14.2. The molecule has 2 N–H and O–H groups in total. The van der Waals surface area contributed by atoms with Gasteiger partial charge in [-0.2, -0.15) is 0 Å². The molecule has 1 saturated heterocycles. The minimum Gasteiger partial charge on any atom is -0.468 e. The normalized spacial score (nSPS) is 37.6. The minimum absolute atomic E-state index is 0.0618. The largest absolute Gasteiger partial charge is 0.468 e. The van der Waals surface area contributed by atoms with Gasteiger partial charge in [0.15, 0.2) is 12.1 Å². The number of carbonyl (C=O) groups excluding carboxylic acids is 2. The van der Waals surface area contributed by atoms with Gasteiger partial charge in [-0.15, -0.1) is 0 Å². The van der Waals surface area contributed by atoms with Crippen LogP contribution < -0.4 is 0 Å². The number of methoxy groups -OCH3 is 2. The maximum absolute atomic E-state index is 14.2. The van der Waals surface area contributed by atoms with Crippen molar-refractivity contribution in [1.82, 2.24) is 0 Å². The first-order chi connectivity index (χ1) is 14.6. The highest BCUT2D eigenvalue weighted by Gasteiger charge is 2.67. The molecule has 3 fully saturated rings. The Morgan fingerprint density at radius 1 is 1.29 bits per heavy atom. The Morgan fingerprint density at radius 2 is 1.94 bits per heavy atom. The van der Waals surface area contributed by atoms with Gasteiger partial charge >= 0.3 is 5.97 Å². The fourth-order valence-corrected chi connectivity index (χ4v) is 6.51. The van der Waals surface area contributed by atoms with E-state index in [9.17, 15) is 19.8 Å². The van der Waals surface area contributed by atoms with Crippen LogP contribution in [0.1, 0.15) is 52.9 Å². The lowest BCUT2D eigenvalue weighted by Crippen LogP contribution is -2.64. The molecule has 3 rings (SSSR count). The summed E-state index contributed by atoms with van der Waals surface area (Å²) in [6.45, 7) is 6.47. The van der Waals surface area contributed by atoms with Crippen LogP contribution in [0.5, 0.6) is 0 Å². The molecule has 0 aromatic rings. The molecule has 3 aliphatic rings. The Kier molecular flexibility index (Phi) is 7.18. The van der Waals surface area contributed by atoms with E-state index in [1.165, 1.54) is 7.11 Å². The van der Waals surface area contributed by atoms with Gasteiger partial charge in [-0.05, 0) is 56.8 Å². The number of rotatable bonds is 8. The predicted molar refractivity (Wildman–Crippen MR) is 111 cm³/mol. The lowest BCUT2D eigenvalue weighted by atomic mass is 9.43. The second kappa shape index (κ2) is 9.06. The van der Waals surface area contributed by atoms with Crippen LogP contribution >= 0.6 is 0 Å². The predicted octanol–water partition coefficient (Wildman–Crippen LogP) is 1.70. The lowest BCUT2D eigenvalue weighted by molar-refractivity contribution is -0.200. The van der Waals surface area contributed by atoms with Crippen LogP contribution in [0.15, 0.2) is 0 Å². The third-order valence-corrected chi connectivity index (χ3v) is 8.27. The van der Waals surface area contributed by atoms with Crippen LogP contribution in [-0.4, -0.2) is 74.0 Å². The number of hydrogen-bond acceptors (Lipinski definition) is 8. The number of hydrogen-bond donors (Lipinski definition) is 2. The second-order valence-corrected chi connectivity index (χ2v) is 10.2. The third-order valence-electron chi connectivity index (χ3n) is 8.27. The zero-order valence-corrected chi connectivity index (χ0v) is 19.4. The van der Waals surface area contributed by atoms with Crippen molar-refractivity contribution in [2.45, 2.75) is 70.9 Å². The molecule has 6 atom stereocenters. The van der Waals surface area contributed by atoms with Gasteiger partial charge in [0.2, 0.25) is 0 Å². The molecule has 2 saturated carbocycles. The average molecular weight is 443 g/mol. The molecule has 8 heteroatoms.